The predicted octanol–water partition coefficient (Wildman–Crippen LogP) is 2.20. The fourth-order valence-corrected chi connectivity index (χ4v) is 2.19. The molecule has 1 heterocycles. The van der Waals surface area contributed by atoms with E-state index in [1.54, 1.807) is 6.07 Å². The number of rotatable bonds is 3. The molecule has 1 unspecified atom stereocenters. The molecule has 0 aliphatic carbocycles. The maximum Gasteiger partial charge on any atom is 0.143 e. The van der Waals surface area contributed by atoms with Gasteiger partial charge in [-0.2, -0.15) is 5.26 Å². The van der Waals surface area contributed by atoms with E-state index in [0.29, 0.717) is 6.04 Å². The second-order valence-corrected chi connectivity index (χ2v) is 4.46. The van der Waals surface area contributed by atoms with Crippen LogP contribution in [0.3, 0.4) is 0 Å². The maximum absolute atomic E-state index is 13.4. The Hall–Kier alpha value is -1.60. The molecular weight excluding hydrogens is 217 g/mol. The molecule has 0 bridgehead atoms. The molecule has 17 heavy (non-hydrogen) atoms. The summed E-state index contributed by atoms with van der Waals surface area (Å²) < 4.78 is 13.4. The van der Waals surface area contributed by atoms with Crippen molar-refractivity contribution in [3.05, 3.63) is 29.6 Å². The van der Waals surface area contributed by atoms with Crippen molar-refractivity contribution in [2.24, 2.45) is 0 Å². The molecule has 1 aliphatic rings. The summed E-state index contributed by atoms with van der Waals surface area (Å²) in [6, 6.07) is 6.98. The summed E-state index contributed by atoms with van der Waals surface area (Å²) in [4.78, 5) is 2.31. The first-order valence-corrected chi connectivity index (χ1v) is 5.84. The highest BCUT2D eigenvalue weighted by Gasteiger charge is 2.20. The lowest BCUT2D eigenvalue weighted by atomic mass is 10.2. The van der Waals surface area contributed by atoms with Crippen LogP contribution >= 0.6 is 0 Å². The van der Waals surface area contributed by atoms with E-state index in [9.17, 15) is 4.39 Å². The van der Waals surface area contributed by atoms with Crippen LogP contribution in [0.1, 0.15) is 18.4 Å². The lowest BCUT2D eigenvalue weighted by Gasteiger charge is -2.20. The fraction of sp³-hybridized carbons (Fsp3) is 0.462. The summed E-state index contributed by atoms with van der Waals surface area (Å²) in [6.07, 6.45) is 2.41. The van der Waals surface area contributed by atoms with Crippen LogP contribution in [0.25, 0.3) is 0 Å². The Morgan fingerprint density at radius 1 is 1.59 bits per heavy atom. The van der Waals surface area contributed by atoms with Gasteiger partial charge in [0, 0.05) is 18.3 Å². The average molecular weight is 233 g/mol. The van der Waals surface area contributed by atoms with E-state index < -0.39 is 5.82 Å². The van der Waals surface area contributed by atoms with E-state index in [4.69, 9.17) is 5.26 Å². The van der Waals surface area contributed by atoms with Gasteiger partial charge in [-0.25, -0.2) is 4.39 Å². The standard InChI is InChI=1S/C13H16FN3/c1-17-6-2-3-12(17)9-16-11-5-4-10(8-15)13(14)7-11/h4-5,7,12,16H,2-3,6,9H2,1H3. The lowest BCUT2D eigenvalue weighted by molar-refractivity contribution is 0.322. The van der Waals surface area contributed by atoms with E-state index in [2.05, 4.69) is 17.3 Å². The van der Waals surface area contributed by atoms with Crippen LogP contribution in [0, 0.1) is 17.1 Å². The van der Waals surface area contributed by atoms with Crippen molar-refractivity contribution in [1.82, 2.24) is 4.90 Å². The molecule has 4 heteroatoms. The number of likely N-dealkylation sites (N-methyl/N-ethyl adjacent to an activating group) is 1. The van der Waals surface area contributed by atoms with E-state index in [1.807, 2.05) is 6.07 Å². The third-order valence-electron chi connectivity index (χ3n) is 3.30. The van der Waals surface area contributed by atoms with Gasteiger partial charge in [-0.05, 0) is 44.6 Å². The van der Waals surface area contributed by atoms with Crippen LogP contribution < -0.4 is 5.32 Å². The highest BCUT2D eigenvalue weighted by atomic mass is 19.1. The fourth-order valence-electron chi connectivity index (χ4n) is 2.19. The molecule has 2 rings (SSSR count). The summed E-state index contributed by atoms with van der Waals surface area (Å²) in [5.41, 5.74) is 0.829. The number of likely N-dealkylation sites (tertiary alicyclic amines) is 1. The molecule has 1 N–H and O–H groups in total. The number of nitrogens with zero attached hydrogens (tertiary/aromatic N) is 2. The van der Waals surface area contributed by atoms with Crippen molar-refractivity contribution in [2.45, 2.75) is 18.9 Å². The van der Waals surface area contributed by atoms with Crippen molar-refractivity contribution in [3.8, 4) is 6.07 Å². The minimum absolute atomic E-state index is 0.0912. The minimum atomic E-state index is -0.461. The van der Waals surface area contributed by atoms with Gasteiger partial charge in [-0.1, -0.05) is 0 Å². The molecule has 3 nitrogen and oxygen atoms in total. The second-order valence-electron chi connectivity index (χ2n) is 4.46. The number of halogens is 1. The van der Waals surface area contributed by atoms with Gasteiger partial charge in [0.1, 0.15) is 11.9 Å². The summed E-state index contributed by atoms with van der Waals surface area (Å²) in [5, 5.41) is 11.8. The smallest absolute Gasteiger partial charge is 0.143 e. The van der Waals surface area contributed by atoms with Crippen LogP contribution in [-0.4, -0.2) is 31.1 Å². The van der Waals surface area contributed by atoms with Gasteiger partial charge in [-0.3, -0.25) is 0 Å². The largest absolute Gasteiger partial charge is 0.383 e. The number of benzene rings is 1. The average Bonchev–Trinajstić information content (AvgIpc) is 2.72. The highest BCUT2D eigenvalue weighted by Crippen LogP contribution is 2.17. The van der Waals surface area contributed by atoms with Crippen molar-refractivity contribution in [1.29, 1.82) is 5.26 Å². The zero-order valence-corrected chi connectivity index (χ0v) is 9.91. The molecule has 1 fully saturated rings. The first kappa shape index (κ1) is 11.9. The van der Waals surface area contributed by atoms with Crippen molar-refractivity contribution in [2.75, 3.05) is 25.5 Å². The molecule has 90 valence electrons. The van der Waals surface area contributed by atoms with Crippen molar-refractivity contribution in [3.63, 3.8) is 0 Å². The van der Waals surface area contributed by atoms with Crippen LogP contribution in [0.15, 0.2) is 18.2 Å². The van der Waals surface area contributed by atoms with Gasteiger partial charge in [0.15, 0.2) is 0 Å². The SMILES string of the molecule is CN1CCCC1CNc1ccc(C#N)c(F)c1. The molecule has 0 spiro atoms. The number of nitrogens with one attached hydrogen (secondary N) is 1. The molecule has 0 saturated carbocycles. The topological polar surface area (TPSA) is 39.1 Å². The Morgan fingerprint density at radius 3 is 3.00 bits per heavy atom. The van der Waals surface area contributed by atoms with Crippen molar-refractivity contribution < 1.29 is 4.39 Å². The second kappa shape index (κ2) is 5.15. The Kier molecular flexibility index (Phi) is 3.60. The minimum Gasteiger partial charge on any atom is -0.383 e. The Bertz CT molecular complexity index is 439. The third kappa shape index (κ3) is 2.75. The normalized spacial score (nSPS) is 20.2. The monoisotopic (exact) mass is 233 g/mol. The molecule has 1 atom stereocenters. The predicted molar refractivity (Wildman–Crippen MR) is 65.3 cm³/mol. The molecular formula is C13H16FN3. The van der Waals surface area contributed by atoms with Gasteiger partial charge in [0.25, 0.3) is 0 Å². The van der Waals surface area contributed by atoms with Gasteiger partial charge < -0.3 is 10.2 Å². The highest BCUT2D eigenvalue weighted by molar-refractivity contribution is 5.48. The molecule has 1 saturated heterocycles. The Labute approximate surface area is 101 Å². The first-order valence-electron chi connectivity index (χ1n) is 5.84. The van der Waals surface area contributed by atoms with Crippen LogP contribution in [0.2, 0.25) is 0 Å². The van der Waals surface area contributed by atoms with Gasteiger partial charge in [0.2, 0.25) is 0 Å². The number of hydrogen-bond donors (Lipinski definition) is 1. The first-order chi connectivity index (χ1) is 8.20. The van der Waals surface area contributed by atoms with E-state index in [1.165, 1.54) is 25.0 Å². The van der Waals surface area contributed by atoms with Crippen LogP contribution in [-0.2, 0) is 0 Å². The van der Waals surface area contributed by atoms with Crippen LogP contribution in [0.4, 0.5) is 10.1 Å². The third-order valence-corrected chi connectivity index (χ3v) is 3.30. The number of hydrogen-bond acceptors (Lipinski definition) is 3. The number of anilines is 1. The quantitative estimate of drug-likeness (QED) is 0.870. The Balaban J connectivity index is 1.95. The van der Waals surface area contributed by atoms with Gasteiger partial charge >= 0.3 is 0 Å². The zero-order chi connectivity index (χ0) is 12.3. The molecule has 1 aromatic rings. The van der Waals surface area contributed by atoms with Crippen molar-refractivity contribution >= 4 is 5.69 Å². The van der Waals surface area contributed by atoms with E-state index in [0.717, 1.165) is 18.8 Å². The lowest BCUT2D eigenvalue weighted by Crippen LogP contribution is -2.31. The van der Waals surface area contributed by atoms with E-state index in [-0.39, 0.29) is 5.56 Å². The molecule has 1 aliphatic heterocycles. The summed E-state index contributed by atoms with van der Waals surface area (Å²) >= 11 is 0. The molecule has 0 radical (unpaired) electrons. The Morgan fingerprint density at radius 2 is 2.41 bits per heavy atom. The van der Waals surface area contributed by atoms with Gasteiger partial charge in [0.05, 0.1) is 5.56 Å². The molecule has 0 amide bonds. The van der Waals surface area contributed by atoms with E-state index >= 15 is 0 Å². The van der Waals surface area contributed by atoms with Gasteiger partial charge in [-0.15, -0.1) is 0 Å². The maximum atomic E-state index is 13.4. The summed E-state index contributed by atoms with van der Waals surface area (Å²) in [5.74, 6) is -0.461. The zero-order valence-electron chi connectivity index (χ0n) is 9.91. The molecule has 0 aromatic heterocycles. The van der Waals surface area contributed by atoms with Crippen LogP contribution in [0.5, 0.6) is 0 Å². The number of nitriles is 1. The summed E-state index contributed by atoms with van der Waals surface area (Å²) in [7, 11) is 2.11. The molecule has 1 aromatic carbocycles. The summed E-state index contributed by atoms with van der Waals surface area (Å²) in [6.45, 7) is 1.95.